The van der Waals surface area contributed by atoms with Crippen molar-refractivity contribution in [3.8, 4) is 0 Å². The summed E-state index contributed by atoms with van der Waals surface area (Å²) in [6, 6.07) is 6.17. The van der Waals surface area contributed by atoms with Crippen molar-refractivity contribution in [2.45, 2.75) is 20.8 Å². The summed E-state index contributed by atoms with van der Waals surface area (Å²) in [5, 5.41) is 3.12. The van der Waals surface area contributed by atoms with Gasteiger partial charge in [-0.25, -0.2) is 0 Å². The highest BCUT2D eigenvalue weighted by atomic mass is 15.1. The Bertz CT molecular complexity index is 422. The number of hydrogen-bond donors (Lipinski definition) is 2. The van der Waals surface area contributed by atoms with Gasteiger partial charge in [0.1, 0.15) is 0 Å². The first-order chi connectivity index (χ1) is 8.40. The number of nitrogens with one attached hydrogen (secondary N) is 1. The van der Waals surface area contributed by atoms with Crippen LogP contribution in [0.25, 0.3) is 0 Å². The molecule has 100 valence electrons. The fourth-order valence-corrected chi connectivity index (χ4v) is 1.64. The second-order valence-electron chi connectivity index (χ2n) is 5.14. The normalized spacial score (nSPS) is 11.8. The van der Waals surface area contributed by atoms with Crippen molar-refractivity contribution in [2.75, 3.05) is 30.9 Å². The SMILES string of the molecule is Cc1ccc(NC(N)=NCC(C)C)cc1N(C)C. The molecule has 0 aliphatic rings. The summed E-state index contributed by atoms with van der Waals surface area (Å²) >= 11 is 0. The van der Waals surface area contributed by atoms with Crippen molar-refractivity contribution >= 4 is 17.3 Å². The molecule has 0 fully saturated rings. The number of aliphatic imine (C=N–C) groups is 1. The number of benzene rings is 1. The van der Waals surface area contributed by atoms with Gasteiger partial charge in [-0.1, -0.05) is 19.9 Å². The lowest BCUT2D eigenvalue weighted by atomic mass is 10.1. The van der Waals surface area contributed by atoms with Gasteiger partial charge in [-0.15, -0.1) is 0 Å². The molecule has 4 heteroatoms. The quantitative estimate of drug-likeness (QED) is 0.635. The molecular formula is C14H24N4. The molecule has 0 atom stereocenters. The molecular weight excluding hydrogens is 224 g/mol. The molecule has 0 radical (unpaired) electrons. The number of hydrogen-bond acceptors (Lipinski definition) is 2. The fraction of sp³-hybridized carbons (Fsp3) is 0.500. The highest BCUT2D eigenvalue weighted by Gasteiger charge is 2.03. The van der Waals surface area contributed by atoms with E-state index in [0.717, 1.165) is 12.2 Å². The second kappa shape index (κ2) is 6.28. The van der Waals surface area contributed by atoms with Gasteiger partial charge in [0.2, 0.25) is 0 Å². The minimum absolute atomic E-state index is 0.470. The molecule has 0 unspecified atom stereocenters. The summed E-state index contributed by atoms with van der Waals surface area (Å²) in [6.07, 6.45) is 0. The summed E-state index contributed by atoms with van der Waals surface area (Å²) < 4.78 is 0. The van der Waals surface area contributed by atoms with Crippen LogP contribution in [0.2, 0.25) is 0 Å². The molecule has 0 saturated heterocycles. The van der Waals surface area contributed by atoms with Crippen LogP contribution in [0, 0.1) is 12.8 Å². The van der Waals surface area contributed by atoms with Crippen molar-refractivity contribution < 1.29 is 0 Å². The van der Waals surface area contributed by atoms with Gasteiger partial charge in [0, 0.05) is 32.0 Å². The Morgan fingerprint density at radius 3 is 2.61 bits per heavy atom. The maximum atomic E-state index is 5.84. The molecule has 1 aromatic rings. The summed E-state index contributed by atoms with van der Waals surface area (Å²) in [4.78, 5) is 6.37. The predicted molar refractivity (Wildman–Crippen MR) is 80.5 cm³/mol. The number of anilines is 2. The van der Waals surface area contributed by atoms with E-state index in [1.165, 1.54) is 11.3 Å². The van der Waals surface area contributed by atoms with E-state index in [0.29, 0.717) is 11.9 Å². The van der Waals surface area contributed by atoms with E-state index < -0.39 is 0 Å². The number of aryl methyl sites for hydroxylation is 1. The van der Waals surface area contributed by atoms with Crippen LogP contribution in [-0.2, 0) is 0 Å². The van der Waals surface area contributed by atoms with Gasteiger partial charge in [-0.2, -0.15) is 0 Å². The third-order valence-electron chi connectivity index (χ3n) is 2.59. The monoisotopic (exact) mass is 248 g/mol. The largest absolute Gasteiger partial charge is 0.377 e. The molecule has 4 nitrogen and oxygen atoms in total. The van der Waals surface area contributed by atoms with Gasteiger partial charge in [0.25, 0.3) is 0 Å². The van der Waals surface area contributed by atoms with Crippen LogP contribution in [0.1, 0.15) is 19.4 Å². The minimum Gasteiger partial charge on any atom is -0.377 e. The zero-order valence-corrected chi connectivity index (χ0v) is 12.0. The molecule has 0 amide bonds. The Kier molecular flexibility index (Phi) is 5.01. The third-order valence-corrected chi connectivity index (χ3v) is 2.59. The standard InChI is InChI=1S/C14H24N4/c1-10(2)9-16-14(15)17-12-7-6-11(3)13(8-12)18(4)5/h6-8,10H,9H2,1-5H3,(H3,15,16,17). The van der Waals surface area contributed by atoms with Crippen LogP contribution in [-0.4, -0.2) is 26.6 Å². The molecule has 1 rings (SSSR count). The predicted octanol–water partition coefficient (Wildman–Crippen LogP) is 2.44. The Balaban J connectivity index is 2.79. The second-order valence-corrected chi connectivity index (χ2v) is 5.14. The summed E-state index contributed by atoms with van der Waals surface area (Å²) in [7, 11) is 4.06. The van der Waals surface area contributed by atoms with Crippen molar-refractivity contribution in [1.29, 1.82) is 0 Å². The van der Waals surface area contributed by atoms with E-state index in [-0.39, 0.29) is 0 Å². The van der Waals surface area contributed by atoms with E-state index in [9.17, 15) is 0 Å². The molecule has 0 heterocycles. The number of nitrogens with zero attached hydrogens (tertiary/aromatic N) is 2. The van der Waals surface area contributed by atoms with Crippen molar-refractivity contribution in [1.82, 2.24) is 0 Å². The summed E-state index contributed by atoms with van der Waals surface area (Å²) in [5.41, 5.74) is 9.23. The molecule has 0 saturated carbocycles. The maximum absolute atomic E-state index is 5.84. The topological polar surface area (TPSA) is 53.6 Å². The number of guanidine groups is 1. The number of rotatable bonds is 4. The van der Waals surface area contributed by atoms with E-state index in [4.69, 9.17) is 5.73 Å². The third kappa shape index (κ3) is 4.28. The van der Waals surface area contributed by atoms with Crippen LogP contribution < -0.4 is 16.0 Å². The van der Waals surface area contributed by atoms with Crippen molar-refractivity contribution in [2.24, 2.45) is 16.6 Å². The average molecular weight is 248 g/mol. The summed E-state index contributed by atoms with van der Waals surface area (Å²) in [6.45, 7) is 7.07. The van der Waals surface area contributed by atoms with E-state index in [1.807, 2.05) is 20.2 Å². The van der Waals surface area contributed by atoms with Crippen LogP contribution in [0.5, 0.6) is 0 Å². The zero-order chi connectivity index (χ0) is 13.7. The summed E-state index contributed by atoms with van der Waals surface area (Å²) in [5.74, 6) is 0.984. The van der Waals surface area contributed by atoms with E-state index in [1.54, 1.807) is 0 Å². The Hall–Kier alpha value is -1.71. The van der Waals surface area contributed by atoms with Crippen molar-refractivity contribution in [3.63, 3.8) is 0 Å². The Labute approximate surface area is 110 Å². The van der Waals surface area contributed by atoms with Gasteiger partial charge in [-0.3, -0.25) is 4.99 Å². The van der Waals surface area contributed by atoms with Crippen molar-refractivity contribution in [3.05, 3.63) is 23.8 Å². The number of nitrogens with two attached hydrogens (primary N) is 1. The first-order valence-corrected chi connectivity index (χ1v) is 6.25. The highest BCUT2D eigenvalue weighted by molar-refractivity contribution is 5.92. The first-order valence-electron chi connectivity index (χ1n) is 6.25. The lowest BCUT2D eigenvalue weighted by Gasteiger charge is -2.17. The molecule has 0 spiro atoms. The first kappa shape index (κ1) is 14.4. The molecule has 0 aliphatic heterocycles. The van der Waals surface area contributed by atoms with Crippen LogP contribution >= 0.6 is 0 Å². The van der Waals surface area contributed by atoms with E-state index in [2.05, 4.69) is 48.1 Å². The molecule has 0 aliphatic carbocycles. The van der Waals surface area contributed by atoms with Crippen LogP contribution in [0.4, 0.5) is 11.4 Å². The van der Waals surface area contributed by atoms with Gasteiger partial charge in [0.05, 0.1) is 0 Å². The van der Waals surface area contributed by atoms with Gasteiger partial charge >= 0.3 is 0 Å². The average Bonchev–Trinajstić information content (AvgIpc) is 2.28. The molecule has 0 aromatic heterocycles. The van der Waals surface area contributed by atoms with Crippen LogP contribution in [0.3, 0.4) is 0 Å². The molecule has 1 aromatic carbocycles. The smallest absolute Gasteiger partial charge is 0.193 e. The minimum atomic E-state index is 0.470. The Morgan fingerprint density at radius 1 is 1.39 bits per heavy atom. The van der Waals surface area contributed by atoms with Gasteiger partial charge in [-0.05, 0) is 30.5 Å². The molecule has 3 N–H and O–H groups in total. The van der Waals surface area contributed by atoms with Crippen LogP contribution in [0.15, 0.2) is 23.2 Å². The highest BCUT2D eigenvalue weighted by Crippen LogP contribution is 2.22. The lowest BCUT2D eigenvalue weighted by molar-refractivity contribution is 0.665. The maximum Gasteiger partial charge on any atom is 0.193 e. The fourth-order valence-electron chi connectivity index (χ4n) is 1.64. The van der Waals surface area contributed by atoms with E-state index >= 15 is 0 Å². The zero-order valence-electron chi connectivity index (χ0n) is 12.0. The molecule has 18 heavy (non-hydrogen) atoms. The molecule has 0 bridgehead atoms. The Morgan fingerprint density at radius 2 is 2.06 bits per heavy atom. The van der Waals surface area contributed by atoms with Gasteiger partial charge < -0.3 is 16.0 Å². The lowest BCUT2D eigenvalue weighted by Crippen LogP contribution is -2.23. The van der Waals surface area contributed by atoms with Gasteiger partial charge in [0.15, 0.2) is 5.96 Å².